The summed E-state index contributed by atoms with van der Waals surface area (Å²) in [6.07, 6.45) is 2.25. The Hall–Kier alpha value is -1.09. The van der Waals surface area contributed by atoms with Gasteiger partial charge in [0.15, 0.2) is 0 Å². The molecule has 112 valence electrons. The number of hydrogen-bond acceptors (Lipinski definition) is 2. The first-order valence-electron chi connectivity index (χ1n) is 7.77. The lowest BCUT2D eigenvalue weighted by atomic mass is 9.97. The number of benzene rings is 1. The molecule has 1 N–H and O–H groups in total. The highest BCUT2D eigenvalue weighted by Gasteiger charge is 2.28. The largest absolute Gasteiger partial charge is 0.365 e. The van der Waals surface area contributed by atoms with E-state index < -0.39 is 0 Å². The molecule has 2 rings (SSSR count). The highest BCUT2D eigenvalue weighted by atomic mass is 19.1. The topological polar surface area (TPSA) is 15.3 Å². The smallest absolute Gasteiger partial charge is 0.125 e. The zero-order chi connectivity index (χ0) is 14.7. The van der Waals surface area contributed by atoms with Crippen LogP contribution in [0, 0.1) is 18.7 Å². The summed E-state index contributed by atoms with van der Waals surface area (Å²) in [4.78, 5) is 2.40. The van der Waals surface area contributed by atoms with Gasteiger partial charge in [-0.3, -0.25) is 0 Å². The molecule has 2 atom stereocenters. The van der Waals surface area contributed by atoms with Crippen molar-refractivity contribution in [1.29, 1.82) is 0 Å². The average Bonchev–Trinajstić information content (AvgIpc) is 2.41. The molecule has 0 amide bonds. The molecular formula is C17H27FN2. The minimum absolute atomic E-state index is 0.139. The van der Waals surface area contributed by atoms with E-state index in [-0.39, 0.29) is 5.82 Å². The van der Waals surface area contributed by atoms with Gasteiger partial charge >= 0.3 is 0 Å². The lowest BCUT2D eigenvalue weighted by Gasteiger charge is -2.43. The fraction of sp³-hybridized carbons (Fsp3) is 0.647. The number of rotatable bonds is 4. The fourth-order valence-corrected chi connectivity index (χ4v) is 3.14. The van der Waals surface area contributed by atoms with E-state index in [0.717, 1.165) is 30.8 Å². The molecule has 0 aromatic heterocycles. The van der Waals surface area contributed by atoms with Crippen LogP contribution in [-0.4, -0.2) is 25.2 Å². The van der Waals surface area contributed by atoms with Crippen LogP contribution in [0.4, 0.5) is 10.1 Å². The third-order valence-electron chi connectivity index (χ3n) is 4.21. The van der Waals surface area contributed by atoms with Crippen molar-refractivity contribution in [1.82, 2.24) is 5.32 Å². The molecule has 3 heteroatoms. The van der Waals surface area contributed by atoms with Gasteiger partial charge in [0.1, 0.15) is 5.82 Å². The molecule has 1 aliphatic heterocycles. The van der Waals surface area contributed by atoms with Gasteiger partial charge in [0.05, 0.1) is 0 Å². The van der Waals surface area contributed by atoms with Crippen LogP contribution in [0.2, 0.25) is 0 Å². The molecular weight excluding hydrogens is 251 g/mol. The summed E-state index contributed by atoms with van der Waals surface area (Å²) < 4.78 is 13.6. The number of hydrogen-bond donors (Lipinski definition) is 1. The molecule has 0 saturated carbocycles. The van der Waals surface area contributed by atoms with Crippen molar-refractivity contribution < 1.29 is 4.39 Å². The van der Waals surface area contributed by atoms with Crippen molar-refractivity contribution in [2.24, 2.45) is 5.92 Å². The van der Waals surface area contributed by atoms with Crippen LogP contribution in [0.3, 0.4) is 0 Å². The van der Waals surface area contributed by atoms with Crippen LogP contribution in [0.1, 0.15) is 39.2 Å². The molecule has 1 aliphatic rings. The van der Waals surface area contributed by atoms with E-state index in [1.165, 1.54) is 6.42 Å². The normalized spacial score (nSPS) is 23.4. The van der Waals surface area contributed by atoms with E-state index in [0.29, 0.717) is 18.0 Å². The minimum atomic E-state index is -0.139. The highest BCUT2D eigenvalue weighted by molar-refractivity contribution is 5.54. The van der Waals surface area contributed by atoms with E-state index in [2.05, 4.69) is 37.9 Å². The lowest BCUT2D eigenvalue weighted by Crippen LogP contribution is -2.57. The molecule has 1 fully saturated rings. The second kappa shape index (κ2) is 6.57. The number of anilines is 1. The van der Waals surface area contributed by atoms with Crippen LogP contribution in [0.5, 0.6) is 0 Å². The summed E-state index contributed by atoms with van der Waals surface area (Å²) in [5.74, 6) is 0.542. The summed E-state index contributed by atoms with van der Waals surface area (Å²) in [7, 11) is 0. The Bertz CT molecular complexity index is 445. The Balaban J connectivity index is 2.22. The van der Waals surface area contributed by atoms with Crippen molar-refractivity contribution >= 4 is 5.69 Å². The van der Waals surface area contributed by atoms with Gasteiger partial charge in [0.25, 0.3) is 0 Å². The number of halogens is 1. The van der Waals surface area contributed by atoms with Gasteiger partial charge in [-0.15, -0.1) is 0 Å². The number of nitrogens with zero attached hydrogens (tertiary/aromatic N) is 1. The van der Waals surface area contributed by atoms with Crippen LogP contribution in [0.15, 0.2) is 18.2 Å². The van der Waals surface area contributed by atoms with E-state index in [9.17, 15) is 4.39 Å². The third-order valence-corrected chi connectivity index (χ3v) is 4.21. The molecule has 1 aromatic carbocycles. The van der Waals surface area contributed by atoms with Crippen molar-refractivity contribution in [2.45, 2.75) is 52.6 Å². The second-order valence-electron chi connectivity index (χ2n) is 6.38. The summed E-state index contributed by atoms with van der Waals surface area (Å²) >= 11 is 0. The van der Waals surface area contributed by atoms with Crippen LogP contribution < -0.4 is 10.2 Å². The summed E-state index contributed by atoms with van der Waals surface area (Å²) in [5, 5.41) is 3.65. The summed E-state index contributed by atoms with van der Waals surface area (Å²) in [5.41, 5.74) is 2.22. The predicted octanol–water partition coefficient (Wildman–Crippen LogP) is 3.74. The number of nitrogens with one attached hydrogen (secondary N) is 1. The molecule has 1 saturated heterocycles. The van der Waals surface area contributed by atoms with Crippen molar-refractivity contribution in [3.8, 4) is 0 Å². The van der Waals surface area contributed by atoms with Crippen LogP contribution in [0.25, 0.3) is 0 Å². The maximum atomic E-state index is 13.6. The zero-order valence-electron chi connectivity index (χ0n) is 13.1. The number of aryl methyl sites for hydroxylation is 1. The predicted molar refractivity (Wildman–Crippen MR) is 83.8 cm³/mol. The average molecular weight is 278 g/mol. The van der Waals surface area contributed by atoms with Crippen molar-refractivity contribution in [3.63, 3.8) is 0 Å². The molecule has 20 heavy (non-hydrogen) atoms. The molecule has 0 radical (unpaired) electrons. The molecule has 0 spiro atoms. The third kappa shape index (κ3) is 3.51. The van der Waals surface area contributed by atoms with Crippen molar-refractivity contribution in [2.75, 3.05) is 18.0 Å². The second-order valence-corrected chi connectivity index (χ2v) is 6.38. The maximum absolute atomic E-state index is 13.6. The molecule has 2 nitrogen and oxygen atoms in total. The Morgan fingerprint density at radius 3 is 2.80 bits per heavy atom. The molecule has 1 aromatic rings. The van der Waals surface area contributed by atoms with Crippen LogP contribution in [-0.2, 0) is 0 Å². The molecule has 0 bridgehead atoms. The van der Waals surface area contributed by atoms with E-state index in [4.69, 9.17) is 0 Å². The van der Waals surface area contributed by atoms with Gasteiger partial charge in [-0.25, -0.2) is 4.39 Å². The Morgan fingerprint density at radius 2 is 2.15 bits per heavy atom. The fourth-order valence-electron chi connectivity index (χ4n) is 3.14. The van der Waals surface area contributed by atoms with E-state index in [1.807, 2.05) is 6.07 Å². The van der Waals surface area contributed by atoms with Gasteiger partial charge in [-0.1, -0.05) is 26.8 Å². The maximum Gasteiger partial charge on any atom is 0.125 e. The Morgan fingerprint density at radius 1 is 1.40 bits per heavy atom. The first-order valence-corrected chi connectivity index (χ1v) is 7.77. The van der Waals surface area contributed by atoms with Crippen molar-refractivity contribution in [3.05, 3.63) is 29.6 Å². The van der Waals surface area contributed by atoms with Gasteiger partial charge in [-0.05, 0) is 43.4 Å². The quantitative estimate of drug-likeness (QED) is 0.902. The number of piperazine rings is 1. The first-order chi connectivity index (χ1) is 9.51. The van der Waals surface area contributed by atoms with Gasteiger partial charge in [-0.2, -0.15) is 0 Å². The summed E-state index contributed by atoms with van der Waals surface area (Å²) in [6.45, 7) is 10.7. The van der Waals surface area contributed by atoms with Crippen LogP contribution >= 0.6 is 0 Å². The van der Waals surface area contributed by atoms with Gasteiger partial charge in [0, 0.05) is 30.9 Å². The first kappa shape index (κ1) is 15.3. The monoisotopic (exact) mass is 278 g/mol. The molecule has 0 aliphatic carbocycles. The summed E-state index contributed by atoms with van der Waals surface area (Å²) in [6, 6.07) is 6.08. The minimum Gasteiger partial charge on any atom is -0.365 e. The van der Waals surface area contributed by atoms with Gasteiger partial charge < -0.3 is 10.2 Å². The SMILES string of the molecule is CCC1CNC(CC(C)C)CN1c1cc(F)ccc1C. The molecule has 2 unspecified atom stereocenters. The molecule has 1 heterocycles. The Labute approximate surface area is 122 Å². The van der Waals surface area contributed by atoms with E-state index >= 15 is 0 Å². The lowest BCUT2D eigenvalue weighted by molar-refractivity contribution is 0.343. The van der Waals surface area contributed by atoms with Gasteiger partial charge in [0.2, 0.25) is 0 Å². The zero-order valence-corrected chi connectivity index (χ0v) is 13.1. The Kier molecular flexibility index (Phi) is 5.03. The standard InChI is InChI=1S/C17H27FN2/c1-5-16-10-19-15(8-12(2)3)11-20(16)17-9-14(18)7-6-13(17)4/h6-7,9,12,15-16,19H,5,8,10-11H2,1-4H3. The highest BCUT2D eigenvalue weighted by Crippen LogP contribution is 2.27. The van der Waals surface area contributed by atoms with E-state index in [1.54, 1.807) is 12.1 Å².